The standard InChI is InChI=1S/C17H13N3OS/c18-10-11-7-12(20-5-1-2-6-20)8-16-17(11)19-14-4-3-13(21)9-15(14)22-16/h3-4,7-9H,1-2,5-6H2. The van der Waals surface area contributed by atoms with Crippen molar-refractivity contribution < 1.29 is 0 Å². The smallest absolute Gasteiger partial charge is 0.180 e. The summed E-state index contributed by atoms with van der Waals surface area (Å²) in [5.41, 5.74) is 3.16. The summed E-state index contributed by atoms with van der Waals surface area (Å²) in [6.07, 6.45) is 2.39. The molecule has 4 nitrogen and oxygen atoms in total. The zero-order valence-electron chi connectivity index (χ0n) is 11.9. The number of rotatable bonds is 1. The molecule has 0 aromatic heterocycles. The number of fused-ring (bicyclic) bond motifs is 2. The van der Waals surface area contributed by atoms with Gasteiger partial charge in [0.2, 0.25) is 0 Å². The summed E-state index contributed by atoms with van der Waals surface area (Å²) in [7, 11) is 0. The van der Waals surface area contributed by atoms with Gasteiger partial charge in [0.05, 0.1) is 26.4 Å². The van der Waals surface area contributed by atoms with E-state index >= 15 is 0 Å². The molecule has 0 unspecified atom stereocenters. The van der Waals surface area contributed by atoms with Crippen LogP contribution in [-0.2, 0) is 0 Å². The number of hydrogen-bond donors (Lipinski definition) is 0. The minimum absolute atomic E-state index is 0.0129. The lowest BCUT2D eigenvalue weighted by atomic mass is 10.1. The van der Waals surface area contributed by atoms with E-state index in [-0.39, 0.29) is 5.43 Å². The van der Waals surface area contributed by atoms with Gasteiger partial charge in [-0.1, -0.05) is 0 Å². The van der Waals surface area contributed by atoms with Crippen molar-refractivity contribution in [3.63, 3.8) is 0 Å². The van der Waals surface area contributed by atoms with E-state index in [4.69, 9.17) is 0 Å². The zero-order valence-corrected chi connectivity index (χ0v) is 12.7. The lowest BCUT2D eigenvalue weighted by Crippen LogP contribution is -2.17. The van der Waals surface area contributed by atoms with Crippen LogP contribution in [-0.4, -0.2) is 18.1 Å². The summed E-state index contributed by atoms with van der Waals surface area (Å²) in [4.78, 5) is 19.3. The molecule has 0 atom stereocenters. The molecule has 1 aliphatic carbocycles. The molecule has 4 rings (SSSR count). The van der Waals surface area contributed by atoms with Crippen LogP contribution in [0.1, 0.15) is 18.4 Å². The Bertz CT molecular complexity index is 935. The maximum absolute atomic E-state index is 11.5. The van der Waals surface area contributed by atoms with Crippen molar-refractivity contribution >= 4 is 27.2 Å². The molecule has 2 aliphatic heterocycles. The molecule has 108 valence electrons. The van der Waals surface area contributed by atoms with Crippen molar-refractivity contribution in [2.45, 2.75) is 12.8 Å². The van der Waals surface area contributed by atoms with Crippen molar-refractivity contribution in [3.8, 4) is 16.6 Å². The first kappa shape index (κ1) is 13.2. The Balaban J connectivity index is 2.00. The van der Waals surface area contributed by atoms with E-state index < -0.39 is 0 Å². The van der Waals surface area contributed by atoms with Crippen molar-refractivity contribution in [2.75, 3.05) is 18.0 Å². The van der Waals surface area contributed by atoms with Gasteiger partial charge in [-0.05, 0) is 37.1 Å². The van der Waals surface area contributed by atoms with Crippen LogP contribution in [0.15, 0.2) is 35.1 Å². The molecule has 0 spiro atoms. The average molecular weight is 307 g/mol. The van der Waals surface area contributed by atoms with E-state index in [1.54, 1.807) is 12.1 Å². The first-order valence-corrected chi connectivity index (χ1v) is 8.10. The Hall–Kier alpha value is -2.45. The predicted octanol–water partition coefficient (Wildman–Crippen LogP) is 3.23. The fourth-order valence-corrected chi connectivity index (χ4v) is 4.00. The molecular formula is C17H13N3OS. The highest BCUT2D eigenvalue weighted by Crippen LogP contribution is 2.34. The molecule has 1 fully saturated rings. The summed E-state index contributed by atoms with van der Waals surface area (Å²) in [5.74, 6) is 0. The Kier molecular flexibility index (Phi) is 3.05. The summed E-state index contributed by atoms with van der Waals surface area (Å²) in [6.45, 7) is 2.07. The molecular weight excluding hydrogens is 294 g/mol. The molecule has 0 N–H and O–H groups in total. The number of nitrogens with zero attached hydrogens (tertiary/aromatic N) is 3. The Morgan fingerprint density at radius 3 is 2.77 bits per heavy atom. The van der Waals surface area contributed by atoms with Crippen LogP contribution in [0.5, 0.6) is 0 Å². The molecule has 5 heteroatoms. The van der Waals surface area contributed by atoms with E-state index in [0.29, 0.717) is 5.56 Å². The molecule has 0 bridgehead atoms. The minimum atomic E-state index is -0.0129. The summed E-state index contributed by atoms with van der Waals surface area (Å²) in [5, 5.41) is 9.47. The maximum Gasteiger partial charge on any atom is 0.180 e. The maximum atomic E-state index is 11.5. The van der Waals surface area contributed by atoms with Gasteiger partial charge in [0.15, 0.2) is 5.43 Å². The predicted molar refractivity (Wildman–Crippen MR) is 88.7 cm³/mol. The zero-order chi connectivity index (χ0) is 15.1. The van der Waals surface area contributed by atoms with Gasteiger partial charge in [0.1, 0.15) is 6.07 Å². The molecule has 0 amide bonds. The molecule has 1 saturated heterocycles. The summed E-state index contributed by atoms with van der Waals surface area (Å²) in [6, 6.07) is 11.1. The van der Waals surface area contributed by atoms with Gasteiger partial charge in [-0.25, -0.2) is 4.98 Å². The summed E-state index contributed by atoms with van der Waals surface area (Å²) >= 11 is 1.53. The van der Waals surface area contributed by atoms with E-state index in [1.807, 2.05) is 6.07 Å². The number of benzene rings is 2. The van der Waals surface area contributed by atoms with Crippen LogP contribution in [0.25, 0.3) is 20.8 Å². The van der Waals surface area contributed by atoms with Crippen molar-refractivity contribution in [2.24, 2.45) is 0 Å². The van der Waals surface area contributed by atoms with Crippen LogP contribution in [0, 0.1) is 11.3 Å². The highest BCUT2D eigenvalue weighted by Gasteiger charge is 2.17. The van der Waals surface area contributed by atoms with Crippen molar-refractivity contribution in [1.82, 2.24) is 4.98 Å². The van der Waals surface area contributed by atoms with Gasteiger partial charge in [0, 0.05) is 24.8 Å². The van der Waals surface area contributed by atoms with Gasteiger partial charge in [-0.2, -0.15) is 5.26 Å². The highest BCUT2D eigenvalue weighted by atomic mass is 32.1. The molecule has 2 heterocycles. The monoisotopic (exact) mass is 307 g/mol. The number of aromatic nitrogens is 1. The average Bonchev–Trinajstić information content (AvgIpc) is 3.06. The Morgan fingerprint density at radius 2 is 2.00 bits per heavy atom. The van der Waals surface area contributed by atoms with E-state index in [0.717, 1.165) is 39.6 Å². The quantitative estimate of drug-likeness (QED) is 0.648. The lowest BCUT2D eigenvalue weighted by Gasteiger charge is -2.18. The Labute approximate surface area is 131 Å². The largest absolute Gasteiger partial charge is 0.371 e. The van der Waals surface area contributed by atoms with Gasteiger partial charge >= 0.3 is 0 Å². The lowest BCUT2D eigenvalue weighted by molar-refractivity contribution is 0.949. The minimum Gasteiger partial charge on any atom is -0.371 e. The fraction of sp³-hybridized carbons (Fsp3) is 0.235. The van der Waals surface area contributed by atoms with Crippen LogP contribution < -0.4 is 10.3 Å². The van der Waals surface area contributed by atoms with E-state index in [1.165, 1.54) is 30.2 Å². The number of nitriles is 1. The normalized spacial score (nSPS) is 14.6. The van der Waals surface area contributed by atoms with Gasteiger partial charge in [0.25, 0.3) is 0 Å². The second-order valence-corrected chi connectivity index (χ2v) is 6.57. The first-order valence-electron chi connectivity index (χ1n) is 7.28. The van der Waals surface area contributed by atoms with E-state index in [2.05, 4.69) is 22.0 Å². The molecule has 3 aliphatic rings. The first-order chi connectivity index (χ1) is 10.7. The van der Waals surface area contributed by atoms with Crippen LogP contribution in [0.2, 0.25) is 0 Å². The van der Waals surface area contributed by atoms with Crippen molar-refractivity contribution in [3.05, 3.63) is 46.1 Å². The van der Waals surface area contributed by atoms with Crippen LogP contribution in [0.3, 0.4) is 0 Å². The third kappa shape index (κ3) is 2.13. The number of hydrogen-bond acceptors (Lipinski definition) is 5. The van der Waals surface area contributed by atoms with Crippen LogP contribution in [0.4, 0.5) is 5.69 Å². The third-order valence-corrected chi connectivity index (χ3v) is 5.11. The summed E-state index contributed by atoms with van der Waals surface area (Å²) < 4.78 is 0.957. The van der Waals surface area contributed by atoms with Gasteiger partial charge in [-0.3, -0.25) is 4.79 Å². The van der Waals surface area contributed by atoms with Gasteiger partial charge < -0.3 is 4.90 Å². The van der Waals surface area contributed by atoms with Crippen LogP contribution >= 0.6 is 11.3 Å². The highest BCUT2D eigenvalue weighted by molar-refractivity contribution is 7.21. The molecule has 0 saturated carbocycles. The second-order valence-electron chi connectivity index (χ2n) is 5.49. The Morgan fingerprint density at radius 1 is 1.18 bits per heavy atom. The molecule has 1 aromatic carbocycles. The van der Waals surface area contributed by atoms with Crippen molar-refractivity contribution in [1.29, 1.82) is 5.26 Å². The van der Waals surface area contributed by atoms with E-state index in [9.17, 15) is 10.1 Å². The molecule has 22 heavy (non-hydrogen) atoms. The number of anilines is 1. The molecule has 0 radical (unpaired) electrons. The SMILES string of the molecule is N#Cc1cc(N2CCCC2)cc2sc3cc(=O)ccc-3nc12. The second kappa shape index (κ2) is 5.08. The third-order valence-electron chi connectivity index (χ3n) is 4.03. The topological polar surface area (TPSA) is 57.0 Å². The molecule has 1 aromatic rings. The van der Waals surface area contributed by atoms with Gasteiger partial charge in [-0.15, -0.1) is 11.3 Å². The fourth-order valence-electron chi connectivity index (χ4n) is 2.94.